The molecule has 0 aliphatic carbocycles. The molecule has 0 saturated carbocycles. The van der Waals surface area contributed by atoms with Gasteiger partial charge in [0, 0.05) is 42.0 Å². The number of carbonyl (C=O) groups excluding carboxylic acids is 2. The number of carbonyl (C=O) groups is 2. The minimum atomic E-state index is -0.721. The van der Waals surface area contributed by atoms with Crippen molar-refractivity contribution in [2.45, 2.75) is 22.5 Å². The first kappa shape index (κ1) is 22.4. The van der Waals surface area contributed by atoms with E-state index in [0.29, 0.717) is 17.7 Å². The summed E-state index contributed by atoms with van der Waals surface area (Å²) >= 11 is 1.54. The van der Waals surface area contributed by atoms with E-state index in [9.17, 15) is 9.59 Å². The van der Waals surface area contributed by atoms with E-state index in [0.717, 1.165) is 15.6 Å². The van der Waals surface area contributed by atoms with Crippen LogP contribution in [0.2, 0.25) is 0 Å². The van der Waals surface area contributed by atoms with Crippen molar-refractivity contribution >= 4 is 29.3 Å². The quantitative estimate of drug-likeness (QED) is 0.408. The fraction of sp³-hybridized carbons (Fsp3) is 0.115. The van der Waals surface area contributed by atoms with Gasteiger partial charge < -0.3 is 15.2 Å². The first-order valence-electron chi connectivity index (χ1n) is 10.5. The lowest BCUT2D eigenvalue weighted by molar-refractivity contribution is -0.118. The first-order valence-corrected chi connectivity index (χ1v) is 11.4. The van der Waals surface area contributed by atoms with Crippen LogP contribution in [0.4, 0.5) is 5.69 Å². The minimum Gasteiger partial charge on any atom is -0.340 e. The molecule has 4 aromatic rings. The van der Waals surface area contributed by atoms with Crippen molar-refractivity contribution in [2.75, 3.05) is 5.32 Å². The second-order valence-corrected chi connectivity index (χ2v) is 8.56. The van der Waals surface area contributed by atoms with Gasteiger partial charge >= 0.3 is 0 Å². The molecule has 1 heterocycles. The van der Waals surface area contributed by atoms with E-state index in [1.54, 1.807) is 42.2 Å². The number of anilines is 1. The second kappa shape index (κ2) is 10.7. The number of benzene rings is 3. The van der Waals surface area contributed by atoms with Crippen molar-refractivity contribution in [3.8, 4) is 0 Å². The molecule has 0 bridgehead atoms. The molecule has 1 unspecified atom stereocenters. The molecular formula is C26H24N4O2S. The average Bonchev–Trinajstić information content (AvgIpc) is 3.25. The summed E-state index contributed by atoms with van der Waals surface area (Å²) in [6.07, 6.45) is 4.04. The zero-order valence-electron chi connectivity index (χ0n) is 18.1. The Kier molecular flexibility index (Phi) is 7.22. The predicted molar refractivity (Wildman–Crippen MR) is 130 cm³/mol. The number of hydrogen-bond acceptors (Lipinski definition) is 4. The van der Waals surface area contributed by atoms with Crippen molar-refractivity contribution in [2.24, 2.45) is 7.05 Å². The molecule has 1 atom stereocenters. The number of hydrogen-bond donors (Lipinski definition) is 2. The van der Waals surface area contributed by atoms with Gasteiger partial charge in [-0.25, -0.2) is 4.98 Å². The Labute approximate surface area is 197 Å². The Morgan fingerprint density at radius 3 is 2.24 bits per heavy atom. The second-order valence-electron chi connectivity index (χ2n) is 7.52. The first-order chi connectivity index (χ1) is 16.1. The van der Waals surface area contributed by atoms with Crippen LogP contribution in [0, 0.1) is 0 Å². The van der Waals surface area contributed by atoms with Crippen LogP contribution >= 0.6 is 11.8 Å². The third kappa shape index (κ3) is 6.11. The summed E-state index contributed by atoms with van der Waals surface area (Å²) in [7, 11) is 1.94. The van der Waals surface area contributed by atoms with E-state index in [1.165, 1.54) is 0 Å². The third-order valence-corrected chi connectivity index (χ3v) is 6.13. The van der Waals surface area contributed by atoms with Crippen LogP contribution in [0.25, 0.3) is 0 Å². The largest absolute Gasteiger partial charge is 0.340 e. The molecule has 0 aliphatic heterocycles. The highest BCUT2D eigenvalue weighted by Gasteiger charge is 2.22. The van der Waals surface area contributed by atoms with E-state index >= 15 is 0 Å². The predicted octanol–water partition coefficient (Wildman–Crippen LogP) is 4.55. The van der Waals surface area contributed by atoms with Gasteiger partial charge in [-0.15, -0.1) is 0 Å². The zero-order chi connectivity index (χ0) is 23.0. The third-order valence-electron chi connectivity index (χ3n) is 5.05. The Bertz CT molecular complexity index is 1210. The maximum Gasteiger partial charge on any atom is 0.251 e. The summed E-state index contributed by atoms with van der Waals surface area (Å²) in [5, 5.41) is 6.70. The van der Waals surface area contributed by atoms with Gasteiger partial charge in [0.05, 0.1) is 0 Å². The van der Waals surface area contributed by atoms with Crippen molar-refractivity contribution < 1.29 is 9.59 Å². The van der Waals surface area contributed by atoms with Crippen LogP contribution in [0.1, 0.15) is 15.9 Å². The van der Waals surface area contributed by atoms with Crippen molar-refractivity contribution in [3.63, 3.8) is 0 Å². The Balaban J connectivity index is 1.46. The molecule has 0 saturated heterocycles. The zero-order valence-corrected chi connectivity index (χ0v) is 19.0. The van der Waals surface area contributed by atoms with Gasteiger partial charge in [-0.3, -0.25) is 9.59 Å². The highest BCUT2D eigenvalue weighted by atomic mass is 32.2. The number of nitrogens with one attached hydrogen (secondary N) is 2. The van der Waals surface area contributed by atoms with Crippen LogP contribution in [-0.4, -0.2) is 27.4 Å². The molecule has 0 radical (unpaired) electrons. The van der Waals surface area contributed by atoms with Crippen molar-refractivity contribution in [3.05, 3.63) is 108 Å². The number of aromatic nitrogens is 2. The normalized spacial score (nSPS) is 11.5. The molecule has 7 heteroatoms. The van der Waals surface area contributed by atoms with E-state index in [4.69, 9.17) is 0 Å². The lowest BCUT2D eigenvalue weighted by Crippen LogP contribution is -2.45. The molecule has 166 valence electrons. The Hall–Kier alpha value is -3.84. The lowest BCUT2D eigenvalue weighted by atomic mass is 10.0. The van der Waals surface area contributed by atoms with E-state index in [1.807, 2.05) is 78.5 Å². The lowest BCUT2D eigenvalue weighted by Gasteiger charge is -2.19. The number of imidazole rings is 1. The molecular weight excluding hydrogens is 432 g/mol. The molecule has 2 N–H and O–H groups in total. The molecule has 0 aliphatic rings. The molecule has 6 nitrogen and oxygen atoms in total. The molecule has 33 heavy (non-hydrogen) atoms. The van der Waals surface area contributed by atoms with Gasteiger partial charge in [0.15, 0.2) is 5.16 Å². The number of nitrogens with zero attached hydrogens (tertiary/aromatic N) is 2. The van der Waals surface area contributed by atoms with Gasteiger partial charge in [0.2, 0.25) is 5.91 Å². The van der Waals surface area contributed by atoms with Crippen molar-refractivity contribution in [1.82, 2.24) is 14.9 Å². The highest BCUT2D eigenvalue weighted by molar-refractivity contribution is 7.99. The van der Waals surface area contributed by atoms with Crippen LogP contribution in [-0.2, 0) is 18.3 Å². The molecule has 2 amide bonds. The molecule has 3 aromatic carbocycles. The average molecular weight is 457 g/mol. The Morgan fingerprint density at radius 2 is 1.61 bits per heavy atom. The van der Waals surface area contributed by atoms with E-state index in [2.05, 4.69) is 15.6 Å². The standard InChI is InChI=1S/C26H24N4O2S/c1-30-17-16-27-26(30)33-22-14-12-21(13-15-22)28-25(32)23(18-19-8-4-2-5-9-19)29-24(31)20-10-6-3-7-11-20/h2-17,23H,18H2,1H3,(H,28,32)(H,29,31). The van der Waals surface area contributed by atoms with Gasteiger partial charge in [-0.1, -0.05) is 60.3 Å². The molecule has 1 aromatic heterocycles. The minimum absolute atomic E-state index is 0.271. The van der Waals surface area contributed by atoms with Crippen molar-refractivity contribution in [1.29, 1.82) is 0 Å². The summed E-state index contributed by atoms with van der Waals surface area (Å²) in [5.74, 6) is -0.555. The maximum absolute atomic E-state index is 13.1. The summed E-state index contributed by atoms with van der Waals surface area (Å²) in [4.78, 5) is 31.2. The molecule has 0 fully saturated rings. The van der Waals surface area contributed by atoms with Gasteiger partial charge in [0.1, 0.15) is 6.04 Å². The highest BCUT2D eigenvalue weighted by Crippen LogP contribution is 2.26. The SMILES string of the molecule is Cn1ccnc1Sc1ccc(NC(=O)C(Cc2ccccc2)NC(=O)c2ccccc2)cc1. The summed E-state index contributed by atoms with van der Waals surface area (Å²) in [6, 6.07) is 25.4. The Morgan fingerprint density at radius 1 is 0.939 bits per heavy atom. The van der Waals surface area contributed by atoms with Gasteiger partial charge in [-0.2, -0.15) is 0 Å². The van der Waals surface area contributed by atoms with Crippen LogP contribution in [0.5, 0.6) is 0 Å². The smallest absolute Gasteiger partial charge is 0.251 e. The maximum atomic E-state index is 13.1. The topological polar surface area (TPSA) is 76.0 Å². The monoisotopic (exact) mass is 456 g/mol. The van der Waals surface area contributed by atoms with Gasteiger partial charge in [-0.05, 0) is 42.0 Å². The number of aryl methyl sites for hydroxylation is 1. The fourth-order valence-electron chi connectivity index (χ4n) is 3.28. The van der Waals surface area contributed by atoms with Crippen LogP contribution in [0.15, 0.2) is 107 Å². The summed E-state index contributed by atoms with van der Waals surface area (Å²) < 4.78 is 1.95. The fourth-order valence-corrected chi connectivity index (χ4v) is 4.08. The summed E-state index contributed by atoms with van der Waals surface area (Å²) in [6.45, 7) is 0. The van der Waals surface area contributed by atoms with E-state index in [-0.39, 0.29) is 11.8 Å². The number of amides is 2. The van der Waals surface area contributed by atoms with Crippen LogP contribution in [0.3, 0.4) is 0 Å². The molecule has 4 rings (SSSR count). The van der Waals surface area contributed by atoms with Crippen LogP contribution < -0.4 is 10.6 Å². The van der Waals surface area contributed by atoms with E-state index < -0.39 is 6.04 Å². The molecule has 0 spiro atoms. The number of rotatable bonds is 8. The summed E-state index contributed by atoms with van der Waals surface area (Å²) in [5.41, 5.74) is 2.14. The van der Waals surface area contributed by atoms with Gasteiger partial charge in [0.25, 0.3) is 5.91 Å².